The molecule has 1 aromatic rings. The van der Waals surface area contributed by atoms with Crippen LogP contribution in [0, 0.1) is 5.82 Å². The molecule has 1 N–H and O–H groups in total. The Hall–Kier alpha value is -1.07. The third-order valence-electron chi connectivity index (χ3n) is 6.60. The summed E-state index contributed by atoms with van der Waals surface area (Å²) in [5, 5.41) is 0. The number of alkyl halides is 3. The monoisotopic (exact) mass is 464 g/mol. The van der Waals surface area contributed by atoms with E-state index in [1.165, 1.54) is 6.07 Å². The maximum atomic E-state index is 14.6. The van der Waals surface area contributed by atoms with E-state index >= 15 is 0 Å². The number of benzene rings is 1. The second-order valence-corrected chi connectivity index (χ2v) is 9.73. The molecule has 0 spiro atoms. The normalized spacial score (nSPS) is 31.4. The molecule has 0 amide bonds. The Labute approximate surface area is 182 Å². The topological polar surface area (TPSA) is 56.8 Å². The number of nitrogens with one attached hydrogen (secondary N) is 1. The molecular formula is C21H28F4N2O3S. The third kappa shape index (κ3) is 5.47. The van der Waals surface area contributed by atoms with Gasteiger partial charge < -0.3 is 14.0 Å². The number of rotatable bonds is 2. The Balaban J connectivity index is 1.54. The summed E-state index contributed by atoms with van der Waals surface area (Å²) >= 11 is -3.12. The summed E-state index contributed by atoms with van der Waals surface area (Å²) < 4.78 is 79.3. The molecule has 3 aliphatic heterocycles. The van der Waals surface area contributed by atoms with Crippen LogP contribution in [0.25, 0.3) is 0 Å². The lowest BCUT2D eigenvalue weighted by Crippen LogP contribution is -2.59. The van der Waals surface area contributed by atoms with Gasteiger partial charge in [0.1, 0.15) is 18.2 Å². The molecule has 2 bridgehead atoms. The molecule has 174 valence electrons. The van der Waals surface area contributed by atoms with E-state index < -0.39 is 22.9 Å². The van der Waals surface area contributed by atoms with Crippen molar-refractivity contribution in [1.82, 2.24) is 9.62 Å². The van der Waals surface area contributed by atoms with Crippen molar-refractivity contribution in [2.24, 2.45) is 0 Å². The molecular weight excluding hydrogens is 436 g/mol. The average molecular weight is 465 g/mol. The van der Waals surface area contributed by atoms with Gasteiger partial charge in [0, 0.05) is 12.1 Å². The van der Waals surface area contributed by atoms with Crippen molar-refractivity contribution >= 4 is 11.4 Å². The Morgan fingerprint density at radius 3 is 2.61 bits per heavy atom. The van der Waals surface area contributed by atoms with E-state index in [1.807, 2.05) is 4.90 Å². The molecule has 1 aromatic carbocycles. The van der Waals surface area contributed by atoms with Gasteiger partial charge in [0.05, 0.1) is 24.8 Å². The highest BCUT2D eigenvalue weighted by atomic mass is 32.2. The van der Waals surface area contributed by atoms with Crippen LogP contribution < -0.4 is 9.46 Å². The number of fused-ring (bicyclic) bond motifs is 5. The van der Waals surface area contributed by atoms with E-state index in [9.17, 15) is 22.1 Å². The highest BCUT2D eigenvalue weighted by molar-refractivity contribution is 7.90. The third-order valence-corrected chi connectivity index (χ3v) is 7.53. The highest BCUT2D eigenvalue weighted by Gasteiger charge is 2.48. The van der Waals surface area contributed by atoms with Crippen LogP contribution in [0.4, 0.5) is 17.6 Å². The van der Waals surface area contributed by atoms with Gasteiger partial charge >= 0.3 is 5.51 Å². The summed E-state index contributed by atoms with van der Waals surface area (Å²) in [6, 6.07) is 3.94. The van der Waals surface area contributed by atoms with Gasteiger partial charge in [0.2, 0.25) is 0 Å². The van der Waals surface area contributed by atoms with Crippen LogP contribution in [0.15, 0.2) is 18.2 Å². The van der Waals surface area contributed by atoms with Gasteiger partial charge in [-0.25, -0.2) is 4.39 Å². The second kappa shape index (κ2) is 9.82. The predicted octanol–water partition coefficient (Wildman–Crippen LogP) is 3.87. The minimum absolute atomic E-state index is 0.00863. The fourth-order valence-corrected chi connectivity index (χ4v) is 5.72. The summed E-state index contributed by atoms with van der Waals surface area (Å²) in [5.74, 6) is 0.361. The Bertz CT molecular complexity index is 746. The van der Waals surface area contributed by atoms with E-state index in [0.717, 1.165) is 25.7 Å². The molecule has 1 saturated heterocycles. The quantitative estimate of drug-likeness (QED) is 0.532. The second-order valence-electron chi connectivity index (χ2n) is 8.49. The van der Waals surface area contributed by atoms with Crippen molar-refractivity contribution in [3.63, 3.8) is 0 Å². The van der Waals surface area contributed by atoms with Gasteiger partial charge in [-0.05, 0) is 63.1 Å². The van der Waals surface area contributed by atoms with Gasteiger partial charge in [-0.1, -0.05) is 6.07 Å². The summed E-state index contributed by atoms with van der Waals surface area (Å²) in [4.78, 5) is 2.04. The van der Waals surface area contributed by atoms with Crippen LogP contribution in [0.5, 0.6) is 5.75 Å². The first kappa shape index (κ1) is 23.1. The molecule has 31 heavy (non-hydrogen) atoms. The fraction of sp³-hybridized carbons (Fsp3) is 0.714. The van der Waals surface area contributed by atoms with Crippen molar-refractivity contribution in [3.05, 3.63) is 29.6 Å². The fourth-order valence-electron chi connectivity index (χ4n) is 5.03. The minimum atomic E-state index is -4.80. The van der Waals surface area contributed by atoms with Crippen LogP contribution >= 0.6 is 0 Å². The Kier molecular flexibility index (Phi) is 7.32. The number of piperidine rings is 1. The molecule has 5 rings (SSSR count). The first-order chi connectivity index (χ1) is 14.8. The summed E-state index contributed by atoms with van der Waals surface area (Å²) in [6.07, 6.45) is 4.24. The molecule has 5 nitrogen and oxygen atoms in total. The first-order valence-electron chi connectivity index (χ1n) is 10.8. The average Bonchev–Trinajstić information content (AvgIpc) is 2.75. The Morgan fingerprint density at radius 2 is 1.87 bits per heavy atom. The molecule has 3 heterocycles. The molecule has 0 radical (unpaired) electrons. The first-order valence-corrected chi connectivity index (χ1v) is 12.0. The lowest BCUT2D eigenvalue weighted by atomic mass is 9.82. The molecule has 0 aromatic heterocycles. The number of hydrogen-bond acceptors (Lipinski definition) is 5. The highest BCUT2D eigenvalue weighted by Crippen LogP contribution is 2.40. The van der Waals surface area contributed by atoms with E-state index in [2.05, 4.69) is 4.72 Å². The van der Waals surface area contributed by atoms with E-state index in [1.54, 1.807) is 12.1 Å². The molecule has 3 unspecified atom stereocenters. The van der Waals surface area contributed by atoms with Gasteiger partial charge in [0.15, 0.2) is 11.4 Å². The van der Waals surface area contributed by atoms with Crippen LogP contribution in [0.2, 0.25) is 0 Å². The lowest BCUT2D eigenvalue weighted by Gasteiger charge is -2.41. The van der Waals surface area contributed by atoms with Gasteiger partial charge in [-0.15, -0.1) is 17.9 Å². The van der Waals surface area contributed by atoms with Crippen molar-refractivity contribution in [2.75, 3.05) is 26.3 Å². The van der Waals surface area contributed by atoms with Crippen molar-refractivity contribution in [3.8, 4) is 5.75 Å². The van der Waals surface area contributed by atoms with E-state index in [0.29, 0.717) is 37.2 Å². The smallest absolute Gasteiger partial charge is 0.591 e. The molecule has 10 heteroatoms. The van der Waals surface area contributed by atoms with Gasteiger partial charge in [0.25, 0.3) is 0 Å². The number of ether oxygens (including phenoxy) is 2. The van der Waals surface area contributed by atoms with E-state index in [4.69, 9.17) is 9.47 Å². The standard InChI is InChI=1S/C21H28F4N2O3S/c22-16-3-1-5-19-20(16)14-6-8-15(9-7-14)30-13-18-17(26-31(28)21(23,24)25)4-2-10-27(18)11-12-29-19/h1,3,5,14-15,17-18,26H,2,4,6-13H2/t14-,15+,17?,18?,31?. The zero-order valence-electron chi connectivity index (χ0n) is 17.2. The SMILES string of the molecule is [O-][S+](NC1CCCN2CCOc3cccc(F)c3[C@H]3CC[C@H](CC3)OCC12)C(F)(F)F. The molecule has 2 fully saturated rings. The maximum Gasteiger partial charge on any atom is 0.592 e. The zero-order chi connectivity index (χ0) is 22.0. The van der Waals surface area contributed by atoms with Crippen molar-refractivity contribution in [2.45, 2.75) is 68.1 Å². The van der Waals surface area contributed by atoms with Gasteiger partial charge in [-0.2, -0.15) is 0 Å². The van der Waals surface area contributed by atoms with Crippen LogP contribution in [-0.4, -0.2) is 59.5 Å². The van der Waals surface area contributed by atoms with Crippen molar-refractivity contribution in [1.29, 1.82) is 0 Å². The van der Waals surface area contributed by atoms with Crippen molar-refractivity contribution < 1.29 is 31.6 Å². The number of nitrogens with zero attached hydrogens (tertiary/aromatic N) is 1. The molecule has 4 aliphatic rings. The summed E-state index contributed by atoms with van der Waals surface area (Å²) in [6.45, 7) is 1.72. The van der Waals surface area contributed by atoms with Crippen LogP contribution in [-0.2, 0) is 16.1 Å². The number of hydrogen-bond donors (Lipinski definition) is 1. The molecule has 3 atom stereocenters. The number of halogens is 4. The maximum absolute atomic E-state index is 14.6. The predicted molar refractivity (Wildman–Crippen MR) is 109 cm³/mol. The van der Waals surface area contributed by atoms with Crippen LogP contribution in [0.1, 0.15) is 50.0 Å². The van der Waals surface area contributed by atoms with Gasteiger partial charge in [-0.3, -0.25) is 4.90 Å². The lowest BCUT2D eigenvalue weighted by molar-refractivity contribution is -0.0482. The molecule has 1 saturated carbocycles. The minimum Gasteiger partial charge on any atom is -0.591 e. The zero-order valence-corrected chi connectivity index (χ0v) is 18.0. The van der Waals surface area contributed by atoms with E-state index in [-0.39, 0.29) is 37.1 Å². The van der Waals surface area contributed by atoms with Crippen LogP contribution in [0.3, 0.4) is 0 Å². The molecule has 1 aliphatic carbocycles. The Morgan fingerprint density at radius 1 is 1.10 bits per heavy atom. The summed E-state index contributed by atoms with van der Waals surface area (Å²) in [5.41, 5.74) is -4.18. The largest absolute Gasteiger partial charge is 0.592 e. The summed E-state index contributed by atoms with van der Waals surface area (Å²) in [7, 11) is 0.